The first kappa shape index (κ1) is 13.1. The van der Waals surface area contributed by atoms with E-state index in [-0.39, 0.29) is 0 Å². The number of ether oxygens (including phenoxy) is 1. The molecule has 1 aromatic carbocycles. The Morgan fingerprint density at radius 2 is 2.17 bits per heavy atom. The number of aryl methyl sites for hydroxylation is 1. The Bertz CT molecular complexity index is 519. The number of rotatable bonds is 6. The highest BCUT2D eigenvalue weighted by Crippen LogP contribution is 2.18. The summed E-state index contributed by atoms with van der Waals surface area (Å²) in [5, 5.41) is 0. The molecule has 1 aromatic heterocycles. The van der Waals surface area contributed by atoms with Crippen molar-refractivity contribution in [3.63, 3.8) is 0 Å². The molecule has 0 aliphatic heterocycles. The number of benzene rings is 1. The van der Waals surface area contributed by atoms with Gasteiger partial charge in [-0.05, 0) is 31.0 Å². The van der Waals surface area contributed by atoms with Crippen LogP contribution in [0.15, 0.2) is 18.2 Å². The van der Waals surface area contributed by atoms with Crippen molar-refractivity contribution in [2.75, 3.05) is 6.61 Å². The predicted octanol–water partition coefficient (Wildman–Crippen LogP) is 2.44. The highest BCUT2D eigenvalue weighted by atomic mass is 16.5. The van der Waals surface area contributed by atoms with Crippen LogP contribution in [0.3, 0.4) is 0 Å². The Kier molecular flexibility index (Phi) is 4.33. The summed E-state index contributed by atoms with van der Waals surface area (Å²) in [7, 11) is 0. The molecule has 4 heteroatoms. The van der Waals surface area contributed by atoms with Crippen molar-refractivity contribution in [2.24, 2.45) is 5.73 Å². The molecule has 1 heterocycles. The zero-order valence-corrected chi connectivity index (χ0v) is 11.1. The van der Waals surface area contributed by atoms with Crippen LogP contribution in [-0.2, 0) is 24.4 Å². The summed E-state index contributed by atoms with van der Waals surface area (Å²) >= 11 is 0. The molecule has 0 unspecified atom stereocenters. The number of nitrogens with two attached hydrogens (primary N) is 1. The van der Waals surface area contributed by atoms with Crippen molar-refractivity contribution in [1.29, 1.82) is 0 Å². The molecule has 0 amide bonds. The number of fused-ring (bicyclic) bond motifs is 1. The lowest BCUT2D eigenvalue weighted by molar-refractivity contribution is 0.114. The molecule has 0 saturated carbocycles. The number of hydrogen-bond acceptors (Lipinski definition) is 3. The van der Waals surface area contributed by atoms with Gasteiger partial charge in [-0.1, -0.05) is 13.0 Å². The molecule has 4 nitrogen and oxygen atoms in total. The maximum Gasteiger partial charge on any atom is 0.135 e. The lowest BCUT2D eigenvalue weighted by atomic mass is 10.2. The Morgan fingerprint density at radius 1 is 1.33 bits per heavy atom. The third-order valence-electron chi connectivity index (χ3n) is 3.02. The molecule has 0 saturated heterocycles. The van der Waals surface area contributed by atoms with Crippen molar-refractivity contribution >= 4 is 11.0 Å². The average molecular weight is 247 g/mol. The van der Waals surface area contributed by atoms with E-state index in [0.717, 1.165) is 42.0 Å². The molecule has 0 radical (unpaired) electrons. The Labute approximate surface area is 108 Å². The molecule has 2 N–H and O–H groups in total. The highest BCUT2D eigenvalue weighted by molar-refractivity contribution is 5.76. The summed E-state index contributed by atoms with van der Waals surface area (Å²) in [6.07, 6.45) is 1.03. The molecular weight excluding hydrogens is 226 g/mol. The van der Waals surface area contributed by atoms with Gasteiger partial charge in [0.1, 0.15) is 12.4 Å². The summed E-state index contributed by atoms with van der Waals surface area (Å²) in [5.74, 6) is 0.995. The van der Waals surface area contributed by atoms with Crippen LogP contribution in [0.25, 0.3) is 11.0 Å². The van der Waals surface area contributed by atoms with E-state index in [1.807, 2.05) is 0 Å². The minimum absolute atomic E-state index is 0.552. The van der Waals surface area contributed by atoms with E-state index in [9.17, 15) is 0 Å². The van der Waals surface area contributed by atoms with Gasteiger partial charge in [0.2, 0.25) is 0 Å². The molecule has 0 aliphatic rings. The van der Waals surface area contributed by atoms with E-state index in [0.29, 0.717) is 13.2 Å². The van der Waals surface area contributed by atoms with Crippen LogP contribution in [0.2, 0.25) is 0 Å². The predicted molar refractivity (Wildman–Crippen MR) is 73.2 cm³/mol. The molecule has 0 fully saturated rings. The zero-order chi connectivity index (χ0) is 13.0. The van der Waals surface area contributed by atoms with Crippen LogP contribution in [0.5, 0.6) is 0 Å². The van der Waals surface area contributed by atoms with Gasteiger partial charge in [0.25, 0.3) is 0 Å². The average Bonchev–Trinajstić information content (AvgIpc) is 2.75. The Morgan fingerprint density at radius 3 is 2.83 bits per heavy atom. The lowest BCUT2D eigenvalue weighted by Gasteiger charge is -2.06. The summed E-state index contributed by atoms with van der Waals surface area (Å²) < 4.78 is 7.79. The molecule has 0 atom stereocenters. The van der Waals surface area contributed by atoms with Gasteiger partial charge < -0.3 is 15.0 Å². The SMILES string of the molecule is CCCOCc1nc2cc(CN)ccc2n1CC. The van der Waals surface area contributed by atoms with Crippen molar-refractivity contribution in [1.82, 2.24) is 9.55 Å². The van der Waals surface area contributed by atoms with E-state index >= 15 is 0 Å². The second kappa shape index (κ2) is 5.98. The van der Waals surface area contributed by atoms with Crippen LogP contribution in [-0.4, -0.2) is 16.2 Å². The van der Waals surface area contributed by atoms with Gasteiger partial charge in [0, 0.05) is 19.7 Å². The monoisotopic (exact) mass is 247 g/mol. The van der Waals surface area contributed by atoms with E-state index in [2.05, 4.69) is 41.6 Å². The fraction of sp³-hybridized carbons (Fsp3) is 0.500. The molecule has 0 spiro atoms. The zero-order valence-electron chi connectivity index (χ0n) is 11.1. The molecule has 0 aliphatic carbocycles. The smallest absolute Gasteiger partial charge is 0.135 e. The standard InChI is InChI=1S/C14H21N3O/c1-3-7-18-10-14-16-12-8-11(9-15)5-6-13(12)17(14)4-2/h5-6,8H,3-4,7,9-10,15H2,1-2H3. The fourth-order valence-electron chi connectivity index (χ4n) is 2.12. The largest absolute Gasteiger partial charge is 0.374 e. The van der Waals surface area contributed by atoms with Crippen molar-refractivity contribution in [3.8, 4) is 0 Å². The van der Waals surface area contributed by atoms with Crippen molar-refractivity contribution < 1.29 is 4.74 Å². The summed E-state index contributed by atoms with van der Waals surface area (Å²) in [4.78, 5) is 4.65. The Balaban J connectivity index is 2.34. The summed E-state index contributed by atoms with van der Waals surface area (Å²) in [5.41, 5.74) is 8.94. The highest BCUT2D eigenvalue weighted by Gasteiger charge is 2.09. The number of aromatic nitrogens is 2. The first-order valence-corrected chi connectivity index (χ1v) is 6.56. The van der Waals surface area contributed by atoms with E-state index in [1.54, 1.807) is 0 Å². The second-order valence-corrected chi connectivity index (χ2v) is 4.35. The van der Waals surface area contributed by atoms with E-state index in [4.69, 9.17) is 10.5 Å². The van der Waals surface area contributed by atoms with Gasteiger partial charge in [0.05, 0.1) is 11.0 Å². The van der Waals surface area contributed by atoms with Crippen LogP contribution >= 0.6 is 0 Å². The van der Waals surface area contributed by atoms with E-state index < -0.39 is 0 Å². The van der Waals surface area contributed by atoms with Gasteiger partial charge in [-0.3, -0.25) is 0 Å². The fourth-order valence-corrected chi connectivity index (χ4v) is 2.12. The third kappa shape index (κ3) is 2.54. The minimum atomic E-state index is 0.552. The molecule has 2 rings (SSSR count). The third-order valence-corrected chi connectivity index (χ3v) is 3.02. The molecular formula is C14H21N3O. The second-order valence-electron chi connectivity index (χ2n) is 4.35. The van der Waals surface area contributed by atoms with Gasteiger partial charge in [-0.25, -0.2) is 4.98 Å². The summed E-state index contributed by atoms with van der Waals surface area (Å²) in [6, 6.07) is 6.22. The number of nitrogens with zero attached hydrogens (tertiary/aromatic N) is 2. The summed E-state index contributed by atoms with van der Waals surface area (Å²) in [6.45, 7) is 7.05. The maximum atomic E-state index is 5.66. The Hall–Kier alpha value is -1.39. The first-order chi connectivity index (χ1) is 8.80. The quantitative estimate of drug-likeness (QED) is 0.798. The molecule has 18 heavy (non-hydrogen) atoms. The number of imidazole rings is 1. The number of hydrogen-bond donors (Lipinski definition) is 1. The van der Waals surface area contributed by atoms with E-state index in [1.165, 1.54) is 0 Å². The van der Waals surface area contributed by atoms with Crippen molar-refractivity contribution in [2.45, 2.75) is 40.0 Å². The van der Waals surface area contributed by atoms with Gasteiger partial charge in [-0.15, -0.1) is 0 Å². The normalized spacial score (nSPS) is 11.3. The van der Waals surface area contributed by atoms with Crippen LogP contribution < -0.4 is 5.73 Å². The van der Waals surface area contributed by atoms with Crippen molar-refractivity contribution in [3.05, 3.63) is 29.6 Å². The molecule has 98 valence electrons. The minimum Gasteiger partial charge on any atom is -0.374 e. The van der Waals surface area contributed by atoms with Crippen LogP contribution in [0.1, 0.15) is 31.7 Å². The molecule has 0 bridgehead atoms. The van der Waals surface area contributed by atoms with Gasteiger partial charge in [0.15, 0.2) is 0 Å². The topological polar surface area (TPSA) is 53.1 Å². The maximum absolute atomic E-state index is 5.66. The van der Waals surface area contributed by atoms with Gasteiger partial charge in [-0.2, -0.15) is 0 Å². The molecule has 2 aromatic rings. The van der Waals surface area contributed by atoms with Crippen LogP contribution in [0, 0.1) is 0 Å². The lowest BCUT2D eigenvalue weighted by Crippen LogP contribution is -2.04. The van der Waals surface area contributed by atoms with Crippen LogP contribution in [0.4, 0.5) is 0 Å². The van der Waals surface area contributed by atoms with Gasteiger partial charge >= 0.3 is 0 Å². The first-order valence-electron chi connectivity index (χ1n) is 6.56.